The van der Waals surface area contributed by atoms with Crippen LogP contribution in [0.5, 0.6) is 0 Å². The Bertz CT molecular complexity index is 254. The average molecular weight is 195 g/mol. The molecule has 14 heavy (non-hydrogen) atoms. The van der Waals surface area contributed by atoms with E-state index in [2.05, 4.69) is 28.3 Å². The SMILES string of the molecule is CN(CC1COCCN1)c1cc[nH]c1. The minimum absolute atomic E-state index is 0.448. The number of H-pyrrole nitrogens is 1. The van der Waals surface area contributed by atoms with Gasteiger partial charge in [0.1, 0.15) is 0 Å². The van der Waals surface area contributed by atoms with Crippen LogP contribution in [0, 0.1) is 0 Å². The summed E-state index contributed by atoms with van der Waals surface area (Å²) in [6, 6.07) is 2.52. The van der Waals surface area contributed by atoms with Gasteiger partial charge in [-0.25, -0.2) is 0 Å². The van der Waals surface area contributed by atoms with E-state index in [0.717, 1.165) is 26.3 Å². The number of likely N-dealkylation sites (N-methyl/N-ethyl adjacent to an activating group) is 1. The summed E-state index contributed by atoms with van der Waals surface area (Å²) in [5.74, 6) is 0. The summed E-state index contributed by atoms with van der Waals surface area (Å²) in [5.41, 5.74) is 1.22. The molecular weight excluding hydrogens is 178 g/mol. The third kappa shape index (κ3) is 2.27. The molecule has 0 spiro atoms. The molecule has 1 atom stereocenters. The zero-order valence-corrected chi connectivity index (χ0v) is 8.49. The molecular formula is C10H17N3O. The molecule has 0 aliphatic carbocycles. The van der Waals surface area contributed by atoms with Gasteiger partial charge < -0.3 is 19.9 Å². The van der Waals surface area contributed by atoms with E-state index in [4.69, 9.17) is 4.74 Å². The fourth-order valence-corrected chi connectivity index (χ4v) is 1.73. The molecule has 1 unspecified atom stereocenters. The van der Waals surface area contributed by atoms with E-state index in [1.165, 1.54) is 5.69 Å². The molecule has 1 saturated heterocycles. The van der Waals surface area contributed by atoms with Crippen molar-refractivity contribution in [1.82, 2.24) is 10.3 Å². The van der Waals surface area contributed by atoms with E-state index in [1.807, 2.05) is 12.4 Å². The summed E-state index contributed by atoms with van der Waals surface area (Å²) in [4.78, 5) is 5.28. The van der Waals surface area contributed by atoms with Crippen molar-refractivity contribution in [2.24, 2.45) is 0 Å². The summed E-state index contributed by atoms with van der Waals surface area (Å²) >= 11 is 0. The quantitative estimate of drug-likeness (QED) is 0.735. The Labute approximate surface area is 84.2 Å². The second-order valence-corrected chi connectivity index (χ2v) is 3.68. The van der Waals surface area contributed by atoms with Crippen LogP contribution in [0.3, 0.4) is 0 Å². The zero-order chi connectivity index (χ0) is 9.80. The van der Waals surface area contributed by atoms with E-state index >= 15 is 0 Å². The standard InChI is InChI=1S/C10H17N3O/c1-13(10-2-3-11-6-10)7-9-8-14-5-4-12-9/h2-3,6,9,11-12H,4-5,7-8H2,1H3. The first-order chi connectivity index (χ1) is 6.86. The average Bonchev–Trinajstić information content (AvgIpc) is 2.72. The molecule has 78 valence electrons. The largest absolute Gasteiger partial charge is 0.378 e. The fourth-order valence-electron chi connectivity index (χ4n) is 1.73. The molecule has 4 nitrogen and oxygen atoms in total. The number of ether oxygens (including phenoxy) is 1. The number of hydrogen-bond acceptors (Lipinski definition) is 3. The molecule has 1 aromatic heterocycles. The highest BCUT2D eigenvalue weighted by Crippen LogP contribution is 2.10. The van der Waals surface area contributed by atoms with Gasteiger partial charge in [-0.05, 0) is 6.07 Å². The molecule has 0 amide bonds. The second kappa shape index (κ2) is 4.48. The molecule has 1 aliphatic rings. The van der Waals surface area contributed by atoms with Crippen LogP contribution in [0.1, 0.15) is 0 Å². The van der Waals surface area contributed by atoms with Gasteiger partial charge in [0.25, 0.3) is 0 Å². The third-order valence-electron chi connectivity index (χ3n) is 2.52. The molecule has 0 saturated carbocycles. The predicted molar refractivity (Wildman–Crippen MR) is 56.7 cm³/mol. The Morgan fingerprint density at radius 1 is 1.64 bits per heavy atom. The first kappa shape index (κ1) is 9.55. The van der Waals surface area contributed by atoms with E-state index in [-0.39, 0.29) is 0 Å². The number of hydrogen-bond donors (Lipinski definition) is 2. The van der Waals surface area contributed by atoms with Crippen LogP contribution < -0.4 is 10.2 Å². The first-order valence-electron chi connectivity index (χ1n) is 5.01. The van der Waals surface area contributed by atoms with Crippen LogP contribution in [-0.2, 0) is 4.74 Å². The molecule has 0 radical (unpaired) electrons. The van der Waals surface area contributed by atoms with Crippen LogP contribution in [0.25, 0.3) is 0 Å². The molecule has 1 fully saturated rings. The number of nitrogens with zero attached hydrogens (tertiary/aromatic N) is 1. The number of rotatable bonds is 3. The van der Waals surface area contributed by atoms with Gasteiger partial charge in [-0.3, -0.25) is 0 Å². The number of aromatic nitrogens is 1. The van der Waals surface area contributed by atoms with Gasteiger partial charge in [0.15, 0.2) is 0 Å². The van der Waals surface area contributed by atoms with Crippen LogP contribution >= 0.6 is 0 Å². The zero-order valence-electron chi connectivity index (χ0n) is 8.49. The fraction of sp³-hybridized carbons (Fsp3) is 0.600. The van der Waals surface area contributed by atoms with Crippen molar-refractivity contribution in [2.45, 2.75) is 6.04 Å². The van der Waals surface area contributed by atoms with E-state index in [9.17, 15) is 0 Å². The Morgan fingerprint density at radius 3 is 3.21 bits per heavy atom. The summed E-state index contributed by atoms with van der Waals surface area (Å²) in [6.07, 6.45) is 3.94. The van der Waals surface area contributed by atoms with Gasteiger partial charge in [-0.15, -0.1) is 0 Å². The van der Waals surface area contributed by atoms with Crippen molar-refractivity contribution in [1.29, 1.82) is 0 Å². The van der Waals surface area contributed by atoms with Crippen LogP contribution in [0.15, 0.2) is 18.5 Å². The lowest BCUT2D eigenvalue weighted by Gasteiger charge is -2.28. The van der Waals surface area contributed by atoms with Gasteiger partial charge in [-0.2, -0.15) is 0 Å². The van der Waals surface area contributed by atoms with Crippen LogP contribution in [0.2, 0.25) is 0 Å². The Morgan fingerprint density at radius 2 is 2.57 bits per heavy atom. The lowest BCUT2D eigenvalue weighted by molar-refractivity contribution is 0.0791. The molecule has 0 bridgehead atoms. The number of nitrogens with one attached hydrogen (secondary N) is 2. The van der Waals surface area contributed by atoms with Gasteiger partial charge in [0.2, 0.25) is 0 Å². The maximum atomic E-state index is 5.40. The van der Waals surface area contributed by atoms with Crippen molar-refractivity contribution in [3.05, 3.63) is 18.5 Å². The lowest BCUT2D eigenvalue weighted by atomic mass is 10.2. The minimum Gasteiger partial charge on any atom is -0.378 e. The van der Waals surface area contributed by atoms with Crippen molar-refractivity contribution < 1.29 is 4.74 Å². The molecule has 0 aromatic carbocycles. The van der Waals surface area contributed by atoms with Crippen molar-refractivity contribution in [2.75, 3.05) is 38.3 Å². The first-order valence-corrected chi connectivity index (χ1v) is 5.01. The van der Waals surface area contributed by atoms with Gasteiger partial charge in [0.05, 0.1) is 18.9 Å². The molecule has 1 aromatic rings. The summed E-state index contributed by atoms with van der Waals surface area (Å²) in [5, 5.41) is 3.44. The molecule has 2 heterocycles. The molecule has 2 N–H and O–H groups in total. The lowest BCUT2D eigenvalue weighted by Crippen LogP contribution is -2.47. The Hall–Kier alpha value is -1.00. The van der Waals surface area contributed by atoms with Crippen molar-refractivity contribution in [3.63, 3.8) is 0 Å². The van der Waals surface area contributed by atoms with Crippen molar-refractivity contribution in [3.8, 4) is 0 Å². The maximum Gasteiger partial charge on any atom is 0.0637 e. The highest BCUT2D eigenvalue weighted by atomic mass is 16.5. The summed E-state index contributed by atoms with van der Waals surface area (Å²) in [6.45, 7) is 3.60. The van der Waals surface area contributed by atoms with Gasteiger partial charge in [0, 0.05) is 38.6 Å². The number of morpholine rings is 1. The molecule has 4 heteroatoms. The van der Waals surface area contributed by atoms with Crippen molar-refractivity contribution >= 4 is 5.69 Å². The smallest absolute Gasteiger partial charge is 0.0637 e. The summed E-state index contributed by atoms with van der Waals surface area (Å²) < 4.78 is 5.40. The Kier molecular flexibility index (Phi) is 3.06. The third-order valence-corrected chi connectivity index (χ3v) is 2.52. The van der Waals surface area contributed by atoms with E-state index < -0.39 is 0 Å². The normalized spacial score (nSPS) is 22.2. The van der Waals surface area contributed by atoms with Gasteiger partial charge in [-0.1, -0.05) is 0 Å². The highest BCUT2D eigenvalue weighted by Gasteiger charge is 2.15. The molecule has 1 aliphatic heterocycles. The Balaban J connectivity index is 1.84. The van der Waals surface area contributed by atoms with Crippen LogP contribution in [0.4, 0.5) is 5.69 Å². The topological polar surface area (TPSA) is 40.3 Å². The van der Waals surface area contributed by atoms with Crippen LogP contribution in [-0.4, -0.2) is 44.4 Å². The molecule has 2 rings (SSSR count). The van der Waals surface area contributed by atoms with E-state index in [1.54, 1.807) is 0 Å². The monoisotopic (exact) mass is 195 g/mol. The summed E-state index contributed by atoms with van der Waals surface area (Å²) in [7, 11) is 2.10. The second-order valence-electron chi connectivity index (χ2n) is 3.68. The number of aromatic amines is 1. The predicted octanol–water partition coefficient (Wildman–Crippen LogP) is 0.439. The maximum absolute atomic E-state index is 5.40. The van der Waals surface area contributed by atoms with Gasteiger partial charge >= 0.3 is 0 Å². The minimum atomic E-state index is 0.448. The highest BCUT2D eigenvalue weighted by molar-refractivity contribution is 5.43. The number of anilines is 1. The van der Waals surface area contributed by atoms with E-state index in [0.29, 0.717) is 6.04 Å².